The Balaban J connectivity index is 0.952. The molecular formula is C62H43N. The van der Waals surface area contributed by atoms with Crippen LogP contribution in [0.1, 0.15) is 45.2 Å². The molecule has 2 bridgehead atoms. The van der Waals surface area contributed by atoms with E-state index in [1.54, 1.807) is 0 Å². The van der Waals surface area contributed by atoms with Gasteiger partial charge in [-0.1, -0.05) is 212 Å². The van der Waals surface area contributed by atoms with Crippen molar-refractivity contribution in [3.05, 3.63) is 282 Å². The smallest absolute Gasteiger partial charge is 0.0462 e. The minimum absolute atomic E-state index is 0.156. The van der Waals surface area contributed by atoms with Crippen molar-refractivity contribution in [2.45, 2.75) is 11.8 Å². The van der Waals surface area contributed by atoms with Crippen molar-refractivity contribution in [1.82, 2.24) is 0 Å². The molecule has 0 saturated carbocycles. The molecule has 0 amide bonds. The van der Waals surface area contributed by atoms with E-state index in [-0.39, 0.29) is 11.8 Å². The lowest BCUT2D eigenvalue weighted by atomic mass is 9.58. The third-order valence-electron chi connectivity index (χ3n) is 13.3. The molecule has 10 aromatic rings. The Labute approximate surface area is 369 Å². The minimum Gasteiger partial charge on any atom is -0.311 e. The molecule has 0 atom stereocenters. The van der Waals surface area contributed by atoms with Crippen molar-refractivity contribution in [3.8, 4) is 55.6 Å². The first-order chi connectivity index (χ1) is 31.3. The van der Waals surface area contributed by atoms with E-state index >= 15 is 0 Å². The van der Waals surface area contributed by atoms with Crippen LogP contribution in [0, 0.1) is 0 Å². The maximum atomic E-state index is 2.38. The quantitative estimate of drug-likeness (QED) is 0.148. The van der Waals surface area contributed by atoms with Crippen LogP contribution < -0.4 is 4.90 Å². The molecule has 0 unspecified atom stereocenters. The van der Waals surface area contributed by atoms with Crippen LogP contribution in [0.15, 0.2) is 249 Å². The van der Waals surface area contributed by atoms with Gasteiger partial charge in [-0.25, -0.2) is 0 Å². The van der Waals surface area contributed by atoms with Gasteiger partial charge in [0, 0.05) is 28.9 Å². The molecule has 0 radical (unpaired) electrons. The van der Waals surface area contributed by atoms with E-state index in [0.29, 0.717) is 0 Å². The highest BCUT2D eigenvalue weighted by Gasteiger charge is 2.43. The number of hydrogen-bond donors (Lipinski definition) is 0. The van der Waals surface area contributed by atoms with Gasteiger partial charge in [0.1, 0.15) is 0 Å². The van der Waals surface area contributed by atoms with Crippen LogP contribution in [0.2, 0.25) is 0 Å². The summed E-state index contributed by atoms with van der Waals surface area (Å²) in [5.41, 5.74) is 24.3. The summed E-state index contributed by atoms with van der Waals surface area (Å²) in [6, 6.07) is 91.3. The summed E-state index contributed by atoms with van der Waals surface area (Å²) >= 11 is 0. The third-order valence-corrected chi connectivity index (χ3v) is 13.3. The van der Waals surface area contributed by atoms with Gasteiger partial charge in [-0.05, 0) is 125 Å². The van der Waals surface area contributed by atoms with Gasteiger partial charge in [0.2, 0.25) is 0 Å². The fourth-order valence-electron chi connectivity index (χ4n) is 10.4. The monoisotopic (exact) mass is 801 g/mol. The van der Waals surface area contributed by atoms with Crippen molar-refractivity contribution in [2.75, 3.05) is 4.90 Å². The Morgan fingerprint density at radius 1 is 0.206 bits per heavy atom. The highest BCUT2D eigenvalue weighted by molar-refractivity contribution is 5.87. The van der Waals surface area contributed by atoms with Gasteiger partial charge in [-0.3, -0.25) is 0 Å². The summed E-state index contributed by atoms with van der Waals surface area (Å²) in [7, 11) is 0. The topological polar surface area (TPSA) is 3.24 Å². The predicted octanol–water partition coefficient (Wildman–Crippen LogP) is 16.5. The fourth-order valence-corrected chi connectivity index (χ4v) is 10.4. The first-order valence-corrected chi connectivity index (χ1v) is 22.0. The molecule has 0 spiro atoms. The predicted molar refractivity (Wildman–Crippen MR) is 263 cm³/mol. The number of hydrogen-bond acceptors (Lipinski definition) is 1. The minimum atomic E-state index is 0.156. The molecule has 63 heavy (non-hydrogen) atoms. The molecule has 1 nitrogen and oxygen atoms in total. The van der Waals surface area contributed by atoms with Crippen LogP contribution in [-0.4, -0.2) is 0 Å². The second-order valence-corrected chi connectivity index (χ2v) is 16.8. The molecule has 3 aliphatic rings. The maximum absolute atomic E-state index is 2.38. The van der Waals surface area contributed by atoms with E-state index in [0.717, 1.165) is 17.1 Å². The number of benzene rings is 10. The van der Waals surface area contributed by atoms with Crippen LogP contribution >= 0.6 is 0 Å². The SMILES string of the molecule is c1ccc(-c2ccc(-c3ccc(N(c4ccc(-c5ccccc5)cc4)c4ccc(-c5ccc(-c6ccccc6)c6c5C5c7ccccc7C6c6ccccc65)cc4)cc3)cc2)cc1. The van der Waals surface area contributed by atoms with Crippen molar-refractivity contribution in [3.63, 3.8) is 0 Å². The van der Waals surface area contributed by atoms with Crippen LogP contribution in [0.4, 0.5) is 17.1 Å². The number of nitrogens with zero attached hydrogens (tertiary/aromatic N) is 1. The summed E-state index contributed by atoms with van der Waals surface area (Å²) in [5, 5.41) is 0. The molecule has 1 heteroatoms. The van der Waals surface area contributed by atoms with Crippen molar-refractivity contribution in [1.29, 1.82) is 0 Å². The molecule has 0 saturated heterocycles. The Hall–Kier alpha value is -8.00. The van der Waals surface area contributed by atoms with Crippen LogP contribution in [0.3, 0.4) is 0 Å². The van der Waals surface area contributed by atoms with Gasteiger partial charge in [-0.2, -0.15) is 0 Å². The van der Waals surface area contributed by atoms with Crippen LogP contribution in [-0.2, 0) is 0 Å². The van der Waals surface area contributed by atoms with Crippen LogP contribution in [0.25, 0.3) is 55.6 Å². The average Bonchev–Trinajstić information content (AvgIpc) is 3.37. The van der Waals surface area contributed by atoms with E-state index in [1.807, 2.05) is 0 Å². The Morgan fingerprint density at radius 3 is 0.778 bits per heavy atom. The highest BCUT2D eigenvalue weighted by atomic mass is 15.1. The van der Waals surface area contributed by atoms with E-state index in [1.165, 1.54) is 89.0 Å². The lowest BCUT2D eigenvalue weighted by Crippen LogP contribution is -2.28. The Kier molecular flexibility index (Phi) is 9.04. The average molecular weight is 802 g/mol. The summed E-state index contributed by atoms with van der Waals surface area (Å²) in [4.78, 5) is 2.38. The van der Waals surface area contributed by atoms with Gasteiger partial charge < -0.3 is 4.90 Å². The van der Waals surface area contributed by atoms with Crippen molar-refractivity contribution < 1.29 is 0 Å². The molecular weight excluding hydrogens is 759 g/mol. The molecule has 0 heterocycles. The zero-order valence-electron chi connectivity index (χ0n) is 34.8. The second kappa shape index (κ2) is 15.5. The Bertz CT molecular complexity index is 3180. The highest BCUT2D eigenvalue weighted by Crippen LogP contribution is 2.59. The van der Waals surface area contributed by atoms with Crippen molar-refractivity contribution in [2.24, 2.45) is 0 Å². The Morgan fingerprint density at radius 2 is 0.444 bits per heavy atom. The van der Waals surface area contributed by atoms with E-state index < -0.39 is 0 Å². The zero-order valence-corrected chi connectivity index (χ0v) is 34.8. The molecule has 13 rings (SSSR count). The summed E-state index contributed by atoms with van der Waals surface area (Å²) in [5.74, 6) is 0.328. The van der Waals surface area contributed by atoms with Crippen molar-refractivity contribution >= 4 is 17.1 Å². The molecule has 296 valence electrons. The lowest BCUT2D eigenvalue weighted by molar-refractivity contribution is 0.757. The summed E-state index contributed by atoms with van der Waals surface area (Å²) in [6.07, 6.45) is 0. The summed E-state index contributed by atoms with van der Waals surface area (Å²) in [6.45, 7) is 0. The van der Waals surface area contributed by atoms with Gasteiger partial charge in [0.25, 0.3) is 0 Å². The molecule has 0 aromatic heterocycles. The standard InChI is InChI=1S/C62H43N/c1-4-14-42(15-5-1)44-24-26-45(27-25-44)47-30-36-51(37-31-47)63(50-34-28-46(29-35-50)43-16-6-2-7-17-43)52-38-32-49(33-39-52)54-41-40-53(48-18-8-3-9-19-48)61-59-55-20-10-12-22-57(55)60(62(54)61)58-23-13-11-21-56(58)59/h1-41,59-60H. The van der Waals surface area contributed by atoms with E-state index in [9.17, 15) is 0 Å². The summed E-state index contributed by atoms with van der Waals surface area (Å²) < 4.78 is 0. The molecule has 0 fully saturated rings. The van der Waals surface area contributed by atoms with Crippen LogP contribution in [0.5, 0.6) is 0 Å². The number of rotatable bonds is 8. The lowest BCUT2D eigenvalue weighted by Gasteiger charge is -2.44. The largest absolute Gasteiger partial charge is 0.311 e. The molecule has 3 aliphatic carbocycles. The fraction of sp³-hybridized carbons (Fsp3) is 0.0323. The van der Waals surface area contributed by atoms with Gasteiger partial charge >= 0.3 is 0 Å². The number of anilines is 3. The van der Waals surface area contributed by atoms with Gasteiger partial charge in [-0.15, -0.1) is 0 Å². The maximum Gasteiger partial charge on any atom is 0.0462 e. The zero-order chi connectivity index (χ0) is 41.7. The normalized spacial score (nSPS) is 14.3. The van der Waals surface area contributed by atoms with E-state index in [2.05, 4.69) is 254 Å². The third kappa shape index (κ3) is 6.40. The van der Waals surface area contributed by atoms with Gasteiger partial charge in [0.05, 0.1) is 0 Å². The molecule has 0 N–H and O–H groups in total. The molecule has 0 aliphatic heterocycles. The first-order valence-electron chi connectivity index (χ1n) is 22.0. The van der Waals surface area contributed by atoms with E-state index in [4.69, 9.17) is 0 Å². The molecule has 10 aromatic carbocycles. The first kappa shape index (κ1) is 36.8. The second-order valence-electron chi connectivity index (χ2n) is 16.8. The van der Waals surface area contributed by atoms with Gasteiger partial charge in [0.15, 0.2) is 0 Å².